The summed E-state index contributed by atoms with van der Waals surface area (Å²) in [6.07, 6.45) is 1.62. The normalized spacial score (nSPS) is 12.2. The van der Waals surface area contributed by atoms with Gasteiger partial charge in [0.2, 0.25) is 5.95 Å². The van der Waals surface area contributed by atoms with Crippen LogP contribution in [0.5, 0.6) is 0 Å². The fourth-order valence-electron chi connectivity index (χ4n) is 1.45. The van der Waals surface area contributed by atoms with Crippen LogP contribution < -0.4 is 16.6 Å². The smallest absolute Gasteiger partial charge is 0.239 e. The molecule has 0 amide bonds. The van der Waals surface area contributed by atoms with Gasteiger partial charge in [-0.05, 0) is 19.8 Å². The first-order chi connectivity index (χ1) is 7.69. The summed E-state index contributed by atoms with van der Waals surface area (Å²) >= 11 is 0. The molecular weight excluding hydrogens is 206 g/mol. The first-order valence-corrected chi connectivity index (χ1v) is 5.39. The zero-order valence-electron chi connectivity index (χ0n) is 9.70. The molecule has 0 aliphatic carbocycles. The van der Waals surface area contributed by atoms with Gasteiger partial charge < -0.3 is 10.4 Å². The summed E-state index contributed by atoms with van der Waals surface area (Å²) in [5.41, 5.74) is 3.26. The van der Waals surface area contributed by atoms with E-state index >= 15 is 0 Å². The number of aryl methyl sites for hydroxylation is 1. The maximum Gasteiger partial charge on any atom is 0.239 e. The number of hydrogen-bond acceptors (Lipinski definition) is 6. The Morgan fingerprint density at radius 2 is 2.25 bits per heavy atom. The Morgan fingerprint density at radius 1 is 1.50 bits per heavy atom. The molecule has 0 fully saturated rings. The van der Waals surface area contributed by atoms with E-state index in [0.29, 0.717) is 12.4 Å². The lowest BCUT2D eigenvalue weighted by Crippen LogP contribution is -2.21. The Labute approximate surface area is 95.3 Å². The van der Waals surface area contributed by atoms with Crippen LogP contribution in [-0.4, -0.2) is 27.7 Å². The monoisotopic (exact) mass is 225 g/mol. The summed E-state index contributed by atoms with van der Waals surface area (Å²) in [6.45, 7) is 4.10. The molecule has 90 valence electrons. The van der Waals surface area contributed by atoms with Crippen LogP contribution in [0.1, 0.15) is 25.5 Å². The summed E-state index contributed by atoms with van der Waals surface area (Å²) in [6, 6.07) is 2.06. The highest BCUT2D eigenvalue weighted by Gasteiger charge is 2.07. The minimum Gasteiger partial charge on any atom is -0.396 e. The molecule has 1 aromatic heterocycles. The average molecular weight is 225 g/mol. The third kappa shape index (κ3) is 3.63. The van der Waals surface area contributed by atoms with Crippen LogP contribution in [0, 0.1) is 6.92 Å². The fourth-order valence-corrected chi connectivity index (χ4v) is 1.45. The summed E-state index contributed by atoms with van der Waals surface area (Å²) in [4.78, 5) is 8.28. The molecule has 0 aliphatic heterocycles. The zero-order valence-corrected chi connectivity index (χ0v) is 9.70. The number of anilines is 2. The van der Waals surface area contributed by atoms with Crippen LogP contribution in [0.15, 0.2) is 6.07 Å². The van der Waals surface area contributed by atoms with Gasteiger partial charge in [-0.25, -0.2) is 10.8 Å². The maximum atomic E-state index is 8.90. The highest BCUT2D eigenvalue weighted by atomic mass is 16.3. The predicted molar refractivity (Wildman–Crippen MR) is 64.0 cm³/mol. The number of hydrogen-bond donors (Lipinski definition) is 4. The van der Waals surface area contributed by atoms with Crippen molar-refractivity contribution in [2.24, 2.45) is 5.84 Å². The number of aromatic nitrogens is 2. The van der Waals surface area contributed by atoms with Crippen molar-refractivity contribution < 1.29 is 5.11 Å². The Kier molecular flexibility index (Phi) is 4.94. The van der Waals surface area contributed by atoms with Crippen molar-refractivity contribution in [3.05, 3.63) is 11.8 Å². The quantitative estimate of drug-likeness (QED) is 0.419. The topological polar surface area (TPSA) is 96.1 Å². The summed E-state index contributed by atoms with van der Waals surface area (Å²) in [5.74, 6) is 6.38. The Hall–Kier alpha value is -1.40. The highest BCUT2D eigenvalue weighted by molar-refractivity contribution is 5.42. The molecule has 1 aromatic rings. The standard InChI is InChI=1S/C10H19N5O/c1-3-8(4-5-16)13-9-6-7(2)12-10(14-9)15-11/h6,8,16H,3-5,11H2,1-2H3,(H2,12,13,14,15). The molecule has 0 radical (unpaired) electrons. The van der Waals surface area contributed by atoms with Gasteiger partial charge >= 0.3 is 0 Å². The number of aliphatic hydroxyl groups is 1. The van der Waals surface area contributed by atoms with Gasteiger partial charge in [-0.3, -0.25) is 5.43 Å². The number of rotatable bonds is 6. The van der Waals surface area contributed by atoms with E-state index in [2.05, 4.69) is 27.6 Å². The van der Waals surface area contributed by atoms with Crippen molar-refractivity contribution in [3.63, 3.8) is 0 Å². The largest absolute Gasteiger partial charge is 0.396 e. The van der Waals surface area contributed by atoms with Crippen molar-refractivity contribution in [2.75, 3.05) is 17.3 Å². The number of nitrogen functional groups attached to an aromatic ring is 1. The van der Waals surface area contributed by atoms with E-state index in [1.54, 1.807) is 0 Å². The predicted octanol–water partition coefficient (Wildman–Crippen LogP) is 0.644. The Balaban J connectivity index is 2.74. The average Bonchev–Trinajstić information content (AvgIpc) is 2.27. The van der Waals surface area contributed by atoms with Gasteiger partial charge in [-0.15, -0.1) is 0 Å². The van der Waals surface area contributed by atoms with Crippen molar-refractivity contribution >= 4 is 11.8 Å². The molecule has 6 nitrogen and oxygen atoms in total. The highest BCUT2D eigenvalue weighted by Crippen LogP contribution is 2.12. The molecule has 0 aliphatic rings. The minimum absolute atomic E-state index is 0.164. The van der Waals surface area contributed by atoms with Gasteiger partial charge in [0.1, 0.15) is 5.82 Å². The van der Waals surface area contributed by atoms with Crippen molar-refractivity contribution in [3.8, 4) is 0 Å². The first-order valence-electron chi connectivity index (χ1n) is 5.39. The second-order valence-electron chi connectivity index (χ2n) is 3.62. The van der Waals surface area contributed by atoms with Gasteiger partial charge in [0.25, 0.3) is 0 Å². The van der Waals surface area contributed by atoms with Gasteiger partial charge in [-0.2, -0.15) is 4.98 Å². The van der Waals surface area contributed by atoms with E-state index in [0.717, 1.165) is 17.9 Å². The molecule has 0 saturated carbocycles. The van der Waals surface area contributed by atoms with E-state index < -0.39 is 0 Å². The van der Waals surface area contributed by atoms with Crippen LogP contribution >= 0.6 is 0 Å². The minimum atomic E-state index is 0.164. The van der Waals surface area contributed by atoms with Crippen LogP contribution in [0.4, 0.5) is 11.8 Å². The molecule has 1 unspecified atom stereocenters. The van der Waals surface area contributed by atoms with Crippen molar-refractivity contribution in [1.29, 1.82) is 0 Å². The first kappa shape index (κ1) is 12.7. The molecule has 1 atom stereocenters. The van der Waals surface area contributed by atoms with E-state index in [1.165, 1.54) is 0 Å². The van der Waals surface area contributed by atoms with Gasteiger partial charge in [0, 0.05) is 24.4 Å². The van der Waals surface area contributed by atoms with Crippen molar-refractivity contribution in [2.45, 2.75) is 32.7 Å². The number of nitrogens with one attached hydrogen (secondary N) is 2. The number of hydrazine groups is 1. The van der Waals surface area contributed by atoms with Crippen LogP contribution in [0.3, 0.4) is 0 Å². The number of aliphatic hydroxyl groups excluding tert-OH is 1. The lowest BCUT2D eigenvalue weighted by molar-refractivity contribution is 0.278. The van der Waals surface area contributed by atoms with Crippen LogP contribution in [0.25, 0.3) is 0 Å². The molecule has 0 spiro atoms. The number of nitrogens with zero attached hydrogens (tertiary/aromatic N) is 2. The van der Waals surface area contributed by atoms with E-state index in [1.807, 2.05) is 13.0 Å². The van der Waals surface area contributed by atoms with Gasteiger partial charge in [0.05, 0.1) is 0 Å². The van der Waals surface area contributed by atoms with Gasteiger partial charge in [-0.1, -0.05) is 6.92 Å². The second kappa shape index (κ2) is 6.24. The van der Waals surface area contributed by atoms with Crippen molar-refractivity contribution in [1.82, 2.24) is 9.97 Å². The van der Waals surface area contributed by atoms with E-state index in [4.69, 9.17) is 10.9 Å². The molecule has 5 N–H and O–H groups in total. The van der Waals surface area contributed by atoms with Crippen LogP contribution in [-0.2, 0) is 0 Å². The van der Waals surface area contributed by atoms with E-state index in [9.17, 15) is 0 Å². The second-order valence-corrected chi connectivity index (χ2v) is 3.62. The molecule has 16 heavy (non-hydrogen) atoms. The van der Waals surface area contributed by atoms with E-state index in [-0.39, 0.29) is 12.6 Å². The lowest BCUT2D eigenvalue weighted by Gasteiger charge is -2.16. The molecule has 1 rings (SSSR count). The summed E-state index contributed by atoms with van der Waals surface area (Å²) in [7, 11) is 0. The molecular formula is C10H19N5O. The maximum absolute atomic E-state index is 8.90. The molecule has 0 bridgehead atoms. The third-order valence-corrected chi connectivity index (χ3v) is 2.31. The lowest BCUT2D eigenvalue weighted by atomic mass is 10.1. The van der Waals surface area contributed by atoms with Crippen LogP contribution in [0.2, 0.25) is 0 Å². The summed E-state index contributed by atoms with van der Waals surface area (Å²) in [5, 5.41) is 12.1. The Morgan fingerprint density at radius 3 is 2.81 bits per heavy atom. The van der Waals surface area contributed by atoms with Gasteiger partial charge in [0.15, 0.2) is 0 Å². The molecule has 1 heterocycles. The number of nitrogens with two attached hydrogens (primary N) is 1. The molecule has 0 saturated heterocycles. The third-order valence-electron chi connectivity index (χ3n) is 2.31. The molecule has 0 aromatic carbocycles. The fraction of sp³-hybridized carbons (Fsp3) is 0.600. The summed E-state index contributed by atoms with van der Waals surface area (Å²) < 4.78 is 0. The zero-order chi connectivity index (χ0) is 12.0. The Bertz CT molecular complexity index is 331. The molecule has 6 heteroatoms. The SMILES string of the molecule is CCC(CCO)Nc1cc(C)nc(NN)n1.